The minimum atomic E-state index is -0.813. The molecule has 0 aromatic heterocycles. The van der Waals surface area contributed by atoms with Gasteiger partial charge < -0.3 is 32.7 Å². The molecule has 0 spiro atoms. The summed E-state index contributed by atoms with van der Waals surface area (Å²) in [5.74, 6) is -1.09. The van der Waals surface area contributed by atoms with Crippen LogP contribution in [0.15, 0.2) is 35.3 Å². The lowest BCUT2D eigenvalue weighted by Gasteiger charge is -2.33. The van der Waals surface area contributed by atoms with Gasteiger partial charge in [0.15, 0.2) is 5.96 Å². The number of hydrogen-bond donors (Lipinski definition) is 5. The Balaban J connectivity index is 2.26. The number of unbranched alkanes of at least 4 members (excludes halogenated alkanes) is 4. The molecule has 8 N–H and O–H groups in total. The maximum absolute atomic E-state index is 14.0. The van der Waals surface area contributed by atoms with Crippen molar-refractivity contribution in [1.29, 1.82) is 0 Å². The SMILES string of the molecule is CCCCCCCN(C(=O)C(Cc1ccccc1)NC(=O)C1CCCN1)C(CCCN=C(N)N)C(N)=O. The van der Waals surface area contributed by atoms with E-state index < -0.39 is 18.0 Å². The van der Waals surface area contributed by atoms with Gasteiger partial charge in [0.1, 0.15) is 12.1 Å². The molecule has 0 radical (unpaired) electrons. The zero-order valence-electron chi connectivity index (χ0n) is 22.2. The van der Waals surface area contributed by atoms with E-state index in [1.165, 1.54) is 0 Å². The minimum absolute atomic E-state index is 0.0226. The molecule has 3 amide bonds. The van der Waals surface area contributed by atoms with Crippen LogP contribution in [0.4, 0.5) is 0 Å². The summed E-state index contributed by atoms with van der Waals surface area (Å²) in [5.41, 5.74) is 17.6. The summed E-state index contributed by atoms with van der Waals surface area (Å²) in [6.07, 6.45) is 7.78. The quantitative estimate of drug-likeness (QED) is 0.118. The topological polar surface area (TPSA) is 169 Å². The molecular weight excluding hydrogens is 470 g/mol. The fourth-order valence-corrected chi connectivity index (χ4v) is 4.68. The summed E-state index contributed by atoms with van der Waals surface area (Å²) in [5, 5.41) is 6.16. The Morgan fingerprint density at radius 2 is 1.81 bits per heavy atom. The van der Waals surface area contributed by atoms with E-state index in [4.69, 9.17) is 17.2 Å². The molecule has 1 aliphatic rings. The zero-order valence-corrected chi connectivity index (χ0v) is 22.2. The van der Waals surface area contributed by atoms with Gasteiger partial charge in [-0.25, -0.2) is 0 Å². The number of rotatable bonds is 17. The third-order valence-corrected chi connectivity index (χ3v) is 6.69. The molecule has 1 heterocycles. The first kappa shape index (κ1) is 30.1. The van der Waals surface area contributed by atoms with E-state index in [9.17, 15) is 14.4 Å². The van der Waals surface area contributed by atoms with Gasteiger partial charge in [-0.3, -0.25) is 19.4 Å². The first-order valence-electron chi connectivity index (χ1n) is 13.6. The molecule has 1 fully saturated rings. The Bertz CT molecular complexity index is 868. The summed E-state index contributed by atoms with van der Waals surface area (Å²) in [6, 6.07) is 7.62. The summed E-state index contributed by atoms with van der Waals surface area (Å²) in [7, 11) is 0. The van der Waals surface area contributed by atoms with Crippen molar-refractivity contribution in [3.05, 3.63) is 35.9 Å². The highest BCUT2D eigenvalue weighted by Gasteiger charge is 2.34. The average Bonchev–Trinajstić information content (AvgIpc) is 3.42. The van der Waals surface area contributed by atoms with Gasteiger partial charge in [-0.2, -0.15) is 0 Å². The standard InChI is InChI=1S/C27H45N7O3/c1-2-3-4-5-9-18-34(23(24(28)35)15-11-17-32-27(29)30)26(37)22(19-20-12-7-6-8-13-20)33-25(36)21-14-10-16-31-21/h6-8,12-13,21-23,31H,2-5,9-11,14-19H2,1H3,(H2,28,35)(H,33,36)(H4,29,30,32). The molecule has 0 saturated carbocycles. The van der Waals surface area contributed by atoms with Crippen LogP contribution in [-0.2, 0) is 20.8 Å². The van der Waals surface area contributed by atoms with Crippen LogP contribution < -0.4 is 27.8 Å². The van der Waals surface area contributed by atoms with Crippen molar-refractivity contribution in [1.82, 2.24) is 15.5 Å². The van der Waals surface area contributed by atoms with Gasteiger partial charge in [0, 0.05) is 19.5 Å². The predicted molar refractivity (Wildman–Crippen MR) is 146 cm³/mol. The second kappa shape index (κ2) is 16.6. The molecular formula is C27H45N7O3. The van der Waals surface area contributed by atoms with Crippen molar-refractivity contribution < 1.29 is 14.4 Å². The molecule has 3 atom stereocenters. The van der Waals surface area contributed by atoms with Crippen LogP contribution in [0.2, 0.25) is 0 Å². The van der Waals surface area contributed by atoms with E-state index in [0.29, 0.717) is 32.4 Å². The normalized spacial score (nSPS) is 16.5. The molecule has 1 saturated heterocycles. The second-order valence-corrected chi connectivity index (χ2v) is 9.71. The van der Waals surface area contributed by atoms with Gasteiger partial charge in [0.2, 0.25) is 17.7 Å². The molecule has 10 nitrogen and oxygen atoms in total. The summed E-state index contributed by atoms with van der Waals surface area (Å²) in [4.78, 5) is 45.1. The van der Waals surface area contributed by atoms with Crippen LogP contribution in [0.5, 0.6) is 0 Å². The molecule has 1 aromatic rings. The first-order chi connectivity index (χ1) is 17.8. The lowest BCUT2D eigenvalue weighted by molar-refractivity contribution is -0.143. The molecule has 1 aliphatic heterocycles. The lowest BCUT2D eigenvalue weighted by Crippen LogP contribution is -2.57. The van der Waals surface area contributed by atoms with Gasteiger partial charge in [-0.05, 0) is 44.2 Å². The summed E-state index contributed by atoms with van der Waals surface area (Å²) >= 11 is 0. The van der Waals surface area contributed by atoms with E-state index in [1.807, 2.05) is 30.3 Å². The van der Waals surface area contributed by atoms with Crippen molar-refractivity contribution in [2.24, 2.45) is 22.2 Å². The second-order valence-electron chi connectivity index (χ2n) is 9.71. The minimum Gasteiger partial charge on any atom is -0.370 e. The van der Waals surface area contributed by atoms with Crippen molar-refractivity contribution in [2.75, 3.05) is 19.6 Å². The van der Waals surface area contributed by atoms with Crippen LogP contribution in [-0.4, -0.2) is 66.3 Å². The molecule has 0 bridgehead atoms. The van der Waals surface area contributed by atoms with E-state index >= 15 is 0 Å². The van der Waals surface area contributed by atoms with E-state index in [0.717, 1.165) is 57.1 Å². The third kappa shape index (κ3) is 10.8. The molecule has 10 heteroatoms. The number of guanidine groups is 1. The first-order valence-corrected chi connectivity index (χ1v) is 13.6. The highest BCUT2D eigenvalue weighted by Crippen LogP contribution is 2.16. The molecule has 1 aromatic carbocycles. The maximum atomic E-state index is 14.0. The van der Waals surface area contributed by atoms with Crippen molar-refractivity contribution >= 4 is 23.7 Å². The van der Waals surface area contributed by atoms with Gasteiger partial charge in [-0.15, -0.1) is 0 Å². The lowest BCUT2D eigenvalue weighted by atomic mass is 10.0. The van der Waals surface area contributed by atoms with Crippen molar-refractivity contribution in [2.45, 2.75) is 89.3 Å². The third-order valence-electron chi connectivity index (χ3n) is 6.69. The van der Waals surface area contributed by atoms with E-state index in [1.54, 1.807) is 4.90 Å². The van der Waals surface area contributed by atoms with E-state index in [2.05, 4.69) is 22.5 Å². The smallest absolute Gasteiger partial charge is 0.246 e. The molecule has 0 aliphatic carbocycles. The number of nitrogens with one attached hydrogen (secondary N) is 2. The van der Waals surface area contributed by atoms with Gasteiger partial charge in [0.25, 0.3) is 0 Å². The summed E-state index contributed by atoms with van der Waals surface area (Å²) in [6.45, 7) is 3.65. The van der Waals surface area contributed by atoms with Crippen LogP contribution in [0.3, 0.4) is 0 Å². The maximum Gasteiger partial charge on any atom is 0.246 e. The predicted octanol–water partition coefficient (Wildman–Crippen LogP) is 1.17. The van der Waals surface area contributed by atoms with E-state index in [-0.39, 0.29) is 23.8 Å². The molecule has 37 heavy (non-hydrogen) atoms. The van der Waals surface area contributed by atoms with Crippen molar-refractivity contribution in [3.63, 3.8) is 0 Å². The largest absolute Gasteiger partial charge is 0.370 e. The highest BCUT2D eigenvalue weighted by molar-refractivity contribution is 5.93. The highest BCUT2D eigenvalue weighted by atomic mass is 16.2. The molecule has 206 valence electrons. The Labute approximate surface area is 220 Å². The Morgan fingerprint density at radius 1 is 1.08 bits per heavy atom. The zero-order chi connectivity index (χ0) is 27.0. The van der Waals surface area contributed by atoms with Crippen LogP contribution in [0.25, 0.3) is 0 Å². The Hall–Kier alpha value is -3.14. The molecule has 2 rings (SSSR count). The number of nitrogens with two attached hydrogens (primary N) is 3. The van der Waals surface area contributed by atoms with Gasteiger partial charge in [0.05, 0.1) is 6.04 Å². The Kier molecular flexibility index (Phi) is 13.5. The number of hydrogen-bond acceptors (Lipinski definition) is 5. The Morgan fingerprint density at radius 3 is 2.43 bits per heavy atom. The monoisotopic (exact) mass is 515 g/mol. The number of nitrogens with zero attached hydrogens (tertiary/aromatic N) is 2. The molecule has 3 unspecified atom stereocenters. The fraction of sp³-hybridized carbons (Fsp3) is 0.630. The van der Waals surface area contributed by atoms with Gasteiger partial charge >= 0.3 is 0 Å². The number of carbonyl (C=O) groups excluding carboxylic acids is 3. The number of amides is 3. The van der Waals surface area contributed by atoms with Gasteiger partial charge in [-0.1, -0.05) is 62.9 Å². The number of primary amides is 1. The van der Waals surface area contributed by atoms with Crippen LogP contribution >= 0.6 is 0 Å². The number of carbonyl (C=O) groups is 3. The van der Waals surface area contributed by atoms with Crippen molar-refractivity contribution in [3.8, 4) is 0 Å². The van der Waals surface area contributed by atoms with Crippen LogP contribution in [0, 0.1) is 0 Å². The summed E-state index contributed by atoms with van der Waals surface area (Å²) < 4.78 is 0. The average molecular weight is 516 g/mol. The number of benzene rings is 1. The van der Waals surface area contributed by atoms with Crippen LogP contribution in [0.1, 0.15) is 70.3 Å². The number of aliphatic imine (C=N–C) groups is 1. The fourth-order valence-electron chi connectivity index (χ4n) is 4.68.